The predicted molar refractivity (Wildman–Crippen MR) is 84.2 cm³/mol. The van der Waals surface area contributed by atoms with Gasteiger partial charge in [0.1, 0.15) is 11.5 Å². The number of rotatable bonds is 6. The van der Waals surface area contributed by atoms with Crippen LogP contribution < -0.4 is 9.47 Å². The summed E-state index contributed by atoms with van der Waals surface area (Å²) in [6.07, 6.45) is 6.95. The van der Waals surface area contributed by atoms with Gasteiger partial charge in [-0.05, 0) is 43.7 Å². The second-order valence-corrected chi connectivity index (χ2v) is 5.97. The molecular weight excluding hydrogens is 264 g/mol. The molecule has 0 unspecified atom stereocenters. The van der Waals surface area contributed by atoms with Crippen molar-refractivity contribution in [2.45, 2.75) is 45.4 Å². The second kappa shape index (κ2) is 7.48. The summed E-state index contributed by atoms with van der Waals surface area (Å²) in [7, 11) is 3.22. The molecule has 0 spiro atoms. The van der Waals surface area contributed by atoms with E-state index in [1.54, 1.807) is 20.3 Å². The fourth-order valence-corrected chi connectivity index (χ4v) is 3.31. The molecule has 21 heavy (non-hydrogen) atoms. The standard InChI is InChI=1S/C18H26O3/c1-4-5-13-6-8-14(9-7-13)18(19)15-10-16(20-2)12-17(11-15)21-3/h10-14H,4-9H2,1-3H3. The van der Waals surface area contributed by atoms with Crippen LogP contribution in [0.5, 0.6) is 11.5 Å². The van der Waals surface area contributed by atoms with Crippen LogP contribution in [0.15, 0.2) is 18.2 Å². The zero-order chi connectivity index (χ0) is 15.2. The summed E-state index contributed by atoms with van der Waals surface area (Å²) in [5, 5.41) is 0. The van der Waals surface area contributed by atoms with E-state index in [4.69, 9.17) is 9.47 Å². The highest BCUT2D eigenvalue weighted by atomic mass is 16.5. The van der Waals surface area contributed by atoms with Crippen LogP contribution in [0.25, 0.3) is 0 Å². The predicted octanol–water partition coefficient (Wildman–Crippen LogP) is 4.49. The number of methoxy groups -OCH3 is 2. The average molecular weight is 290 g/mol. The molecule has 116 valence electrons. The van der Waals surface area contributed by atoms with Crippen molar-refractivity contribution in [3.8, 4) is 11.5 Å². The Balaban J connectivity index is 2.06. The zero-order valence-corrected chi connectivity index (χ0v) is 13.4. The topological polar surface area (TPSA) is 35.5 Å². The lowest BCUT2D eigenvalue weighted by Crippen LogP contribution is -2.22. The molecule has 3 nitrogen and oxygen atoms in total. The fourth-order valence-electron chi connectivity index (χ4n) is 3.31. The Hall–Kier alpha value is -1.51. The number of ketones is 1. The van der Waals surface area contributed by atoms with E-state index in [0.29, 0.717) is 17.1 Å². The lowest BCUT2D eigenvalue weighted by molar-refractivity contribution is 0.0869. The van der Waals surface area contributed by atoms with Gasteiger partial charge in [0.05, 0.1) is 14.2 Å². The lowest BCUT2D eigenvalue weighted by atomic mass is 9.77. The van der Waals surface area contributed by atoms with Gasteiger partial charge in [0.2, 0.25) is 0 Å². The summed E-state index contributed by atoms with van der Waals surface area (Å²) >= 11 is 0. The van der Waals surface area contributed by atoms with Crippen LogP contribution in [-0.2, 0) is 0 Å². The van der Waals surface area contributed by atoms with E-state index in [1.807, 2.05) is 12.1 Å². The molecule has 0 aliphatic heterocycles. The van der Waals surface area contributed by atoms with E-state index in [0.717, 1.165) is 18.8 Å². The number of Topliss-reactive ketones (excluding diaryl/α,β-unsaturated/α-hetero) is 1. The van der Waals surface area contributed by atoms with E-state index in [9.17, 15) is 4.79 Å². The molecule has 1 aromatic rings. The Kier molecular flexibility index (Phi) is 5.66. The summed E-state index contributed by atoms with van der Waals surface area (Å²) < 4.78 is 10.5. The minimum Gasteiger partial charge on any atom is -0.497 e. The molecule has 0 N–H and O–H groups in total. The maximum atomic E-state index is 12.7. The molecule has 0 saturated heterocycles. The number of benzene rings is 1. The minimum absolute atomic E-state index is 0.162. The summed E-state index contributed by atoms with van der Waals surface area (Å²) in [6.45, 7) is 2.24. The van der Waals surface area contributed by atoms with E-state index in [2.05, 4.69) is 6.92 Å². The summed E-state index contributed by atoms with van der Waals surface area (Å²) in [5.41, 5.74) is 0.713. The van der Waals surface area contributed by atoms with Gasteiger partial charge in [-0.25, -0.2) is 0 Å². The van der Waals surface area contributed by atoms with E-state index in [-0.39, 0.29) is 11.7 Å². The van der Waals surface area contributed by atoms with Gasteiger partial charge in [0.15, 0.2) is 5.78 Å². The summed E-state index contributed by atoms with van der Waals surface area (Å²) in [5.74, 6) is 2.57. The zero-order valence-electron chi connectivity index (χ0n) is 13.4. The van der Waals surface area contributed by atoms with Crippen molar-refractivity contribution >= 4 is 5.78 Å². The fraction of sp³-hybridized carbons (Fsp3) is 0.611. The number of ether oxygens (including phenoxy) is 2. The molecule has 1 fully saturated rings. The maximum Gasteiger partial charge on any atom is 0.166 e. The Labute approximate surface area is 127 Å². The van der Waals surface area contributed by atoms with Gasteiger partial charge >= 0.3 is 0 Å². The van der Waals surface area contributed by atoms with Gasteiger partial charge in [0.25, 0.3) is 0 Å². The van der Waals surface area contributed by atoms with Crippen molar-refractivity contribution < 1.29 is 14.3 Å². The monoisotopic (exact) mass is 290 g/mol. The van der Waals surface area contributed by atoms with Crippen LogP contribution in [0.4, 0.5) is 0 Å². The number of hydrogen-bond acceptors (Lipinski definition) is 3. The van der Waals surface area contributed by atoms with E-state index >= 15 is 0 Å². The van der Waals surface area contributed by atoms with Crippen LogP contribution >= 0.6 is 0 Å². The third-order valence-corrected chi connectivity index (χ3v) is 4.55. The molecule has 0 atom stereocenters. The third-order valence-electron chi connectivity index (χ3n) is 4.55. The Morgan fingerprint density at radius 2 is 1.62 bits per heavy atom. The van der Waals surface area contributed by atoms with Crippen molar-refractivity contribution in [3.05, 3.63) is 23.8 Å². The highest BCUT2D eigenvalue weighted by Crippen LogP contribution is 2.34. The van der Waals surface area contributed by atoms with Gasteiger partial charge < -0.3 is 9.47 Å². The molecule has 3 heteroatoms. The lowest BCUT2D eigenvalue weighted by Gasteiger charge is -2.27. The maximum absolute atomic E-state index is 12.7. The molecule has 1 aliphatic rings. The number of carbonyl (C=O) groups excluding carboxylic acids is 1. The Morgan fingerprint density at radius 1 is 1.05 bits per heavy atom. The van der Waals surface area contributed by atoms with Crippen LogP contribution in [0.1, 0.15) is 55.8 Å². The molecule has 0 bridgehead atoms. The molecule has 1 saturated carbocycles. The summed E-state index contributed by atoms with van der Waals surface area (Å²) in [4.78, 5) is 12.7. The minimum atomic E-state index is 0.162. The summed E-state index contributed by atoms with van der Waals surface area (Å²) in [6, 6.07) is 5.45. The van der Waals surface area contributed by atoms with Crippen molar-refractivity contribution in [1.82, 2.24) is 0 Å². The van der Waals surface area contributed by atoms with Crippen molar-refractivity contribution in [2.24, 2.45) is 11.8 Å². The molecule has 0 amide bonds. The third kappa shape index (κ3) is 3.99. The highest BCUT2D eigenvalue weighted by molar-refractivity contribution is 5.98. The smallest absolute Gasteiger partial charge is 0.166 e. The molecule has 2 rings (SSSR count). The van der Waals surface area contributed by atoms with Crippen molar-refractivity contribution in [3.63, 3.8) is 0 Å². The first-order valence-electron chi connectivity index (χ1n) is 7.95. The van der Waals surface area contributed by atoms with Gasteiger partial charge in [-0.15, -0.1) is 0 Å². The van der Waals surface area contributed by atoms with E-state index < -0.39 is 0 Å². The quantitative estimate of drug-likeness (QED) is 0.724. The van der Waals surface area contributed by atoms with Crippen molar-refractivity contribution in [1.29, 1.82) is 0 Å². The van der Waals surface area contributed by atoms with Crippen molar-refractivity contribution in [2.75, 3.05) is 14.2 Å². The highest BCUT2D eigenvalue weighted by Gasteiger charge is 2.27. The number of hydrogen-bond donors (Lipinski definition) is 0. The molecular formula is C18H26O3. The van der Waals surface area contributed by atoms with Crippen LogP contribution in [0.2, 0.25) is 0 Å². The van der Waals surface area contributed by atoms with Gasteiger partial charge in [-0.2, -0.15) is 0 Å². The van der Waals surface area contributed by atoms with Gasteiger partial charge in [-0.1, -0.05) is 19.8 Å². The molecule has 1 aliphatic carbocycles. The van der Waals surface area contributed by atoms with Crippen LogP contribution in [0, 0.1) is 11.8 Å². The first-order chi connectivity index (χ1) is 10.2. The Bertz CT molecular complexity index is 451. The van der Waals surface area contributed by atoms with Gasteiger partial charge in [0, 0.05) is 17.5 Å². The number of carbonyl (C=O) groups is 1. The SMILES string of the molecule is CCCC1CCC(C(=O)c2cc(OC)cc(OC)c2)CC1. The molecule has 0 radical (unpaired) electrons. The molecule has 0 heterocycles. The van der Waals surface area contributed by atoms with Crippen LogP contribution in [0.3, 0.4) is 0 Å². The van der Waals surface area contributed by atoms with Crippen LogP contribution in [-0.4, -0.2) is 20.0 Å². The molecule has 0 aromatic heterocycles. The average Bonchev–Trinajstić information content (AvgIpc) is 2.54. The van der Waals surface area contributed by atoms with Gasteiger partial charge in [-0.3, -0.25) is 4.79 Å². The largest absolute Gasteiger partial charge is 0.497 e. The second-order valence-electron chi connectivity index (χ2n) is 5.97. The molecule has 1 aromatic carbocycles. The van der Waals surface area contributed by atoms with E-state index in [1.165, 1.54) is 25.7 Å². The normalized spacial score (nSPS) is 21.9. The first-order valence-corrected chi connectivity index (χ1v) is 7.95. The first kappa shape index (κ1) is 15.9. The Morgan fingerprint density at radius 3 is 2.10 bits per heavy atom.